The number of fused-ring (bicyclic) bond motifs is 5. The van der Waals surface area contributed by atoms with Crippen molar-refractivity contribution in [2.75, 3.05) is 0 Å². The van der Waals surface area contributed by atoms with Crippen LogP contribution < -0.4 is 0 Å². The molecule has 8 rings (SSSR count). The van der Waals surface area contributed by atoms with E-state index in [1.807, 2.05) is 6.07 Å². The molecule has 0 fully saturated rings. The third-order valence-electron chi connectivity index (χ3n) is 8.28. The van der Waals surface area contributed by atoms with Gasteiger partial charge in [-0.2, -0.15) is 0 Å². The van der Waals surface area contributed by atoms with Crippen LogP contribution in [0.4, 0.5) is 0 Å². The summed E-state index contributed by atoms with van der Waals surface area (Å²) in [5, 5.41) is 10.6. The molecule has 0 radical (unpaired) electrons. The van der Waals surface area contributed by atoms with E-state index in [4.69, 9.17) is 11.6 Å². The van der Waals surface area contributed by atoms with Gasteiger partial charge in [0.1, 0.15) is 0 Å². The highest BCUT2D eigenvalue weighted by molar-refractivity contribution is 6.32. The standard InChI is InChI=1S/C40H25Cl/c41-32-21-19-28-16-15-27-17-18-31(24-36(27)37(28)25-32)40-34-14-8-7-13-33(34)39(29-11-5-2-6-12-29)38-23-30(20-22-35(38)40)26-9-3-1-4-10-26/h1-25H. The van der Waals surface area contributed by atoms with Gasteiger partial charge in [-0.05, 0) is 101 Å². The van der Waals surface area contributed by atoms with Gasteiger partial charge in [0.25, 0.3) is 0 Å². The normalized spacial score (nSPS) is 11.5. The number of benzene rings is 8. The molecule has 0 heterocycles. The summed E-state index contributed by atoms with van der Waals surface area (Å²) in [4.78, 5) is 0. The van der Waals surface area contributed by atoms with Gasteiger partial charge in [0.15, 0.2) is 0 Å². The van der Waals surface area contributed by atoms with Crippen molar-refractivity contribution in [1.82, 2.24) is 0 Å². The number of rotatable bonds is 3. The zero-order valence-corrected chi connectivity index (χ0v) is 23.1. The smallest absolute Gasteiger partial charge is 0.0412 e. The lowest BCUT2D eigenvalue weighted by molar-refractivity contribution is 1.63. The van der Waals surface area contributed by atoms with Crippen LogP contribution in [0.5, 0.6) is 0 Å². The van der Waals surface area contributed by atoms with E-state index in [0.29, 0.717) is 0 Å². The predicted octanol–water partition coefficient (Wildman–Crippen LogP) is 12.0. The third-order valence-corrected chi connectivity index (χ3v) is 8.52. The molecule has 1 heteroatoms. The molecule has 0 saturated carbocycles. The molecule has 0 saturated heterocycles. The highest BCUT2D eigenvalue weighted by Gasteiger charge is 2.18. The number of halogens is 1. The molecule has 0 aromatic heterocycles. The van der Waals surface area contributed by atoms with E-state index in [0.717, 1.165) is 5.02 Å². The molecule has 0 aliphatic carbocycles. The van der Waals surface area contributed by atoms with Gasteiger partial charge in [0, 0.05) is 5.02 Å². The first-order valence-corrected chi connectivity index (χ1v) is 14.3. The summed E-state index contributed by atoms with van der Waals surface area (Å²) in [6.07, 6.45) is 0. The van der Waals surface area contributed by atoms with E-state index in [2.05, 4.69) is 146 Å². The van der Waals surface area contributed by atoms with Crippen LogP contribution in [0.25, 0.3) is 76.5 Å². The van der Waals surface area contributed by atoms with E-state index >= 15 is 0 Å². The van der Waals surface area contributed by atoms with Crippen molar-refractivity contribution in [3.8, 4) is 33.4 Å². The fourth-order valence-corrected chi connectivity index (χ4v) is 6.56. The highest BCUT2D eigenvalue weighted by Crippen LogP contribution is 2.45. The van der Waals surface area contributed by atoms with Crippen LogP contribution in [0.1, 0.15) is 0 Å². The van der Waals surface area contributed by atoms with Gasteiger partial charge in [-0.1, -0.05) is 139 Å². The molecule has 0 amide bonds. The predicted molar refractivity (Wildman–Crippen MR) is 178 cm³/mol. The highest BCUT2D eigenvalue weighted by atomic mass is 35.5. The van der Waals surface area contributed by atoms with Crippen molar-refractivity contribution < 1.29 is 0 Å². The van der Waals surface area contributed by atoms with Crippen LogP contribution in [-0.4, -0.2) is 0 Å². The number of hydrogen-bond donors (Lipinski definition) is 0. The minimum absolute atomic E-state index is 0.756. The maximum Gasteiger partial charge on any atom is 0.0412 e. The molecule has 0 aliphatic heterocycles. The Morgan fingerprint density at radius 3 is 1.49 bits per heavy atom. The molecule has 8 aromatic rings. The first kappa shape index (κ1) is 23.9. The Bertz CT molecular complexity index is 2250. The molecule has 192 valence electrons. The summed E-state index contributed by atoms with van der Waals surface area (Å²) < 4.78 is 0. The van der Waals surface area contributed by atoms with Gasteiger partial charge in [-0.15, -0.1) is 0 Å². The molecule has 8 aromatic carbocycles. The fraction of sp³-hybridized carbons (Fsp3) is 0. The maximum absolute atomic E-state index is 6.47. The van der Waals surface area contributed by atoms with Gasteiger partial charge < -0.3 is 0 Å². The molecule has 0 aliphatic rings. The Morgan fingerprint density at radius 2 is 0.780 bits per heavy atom. The summed E-state index contributed by atoms with van der Waals surface area (Å²) in [5.41, 5.74) is 7.40. The van der Waals surface area contributed by atoms with Crippen LogP contribution in [0.15, 0.2) is 152 Å². The Morgan fingerprint density at radius 1 is 0.293 bits per heavy atom. The summed E-state index contributed by atoms with van der Waals surface area (Å²) in [6.45, 7) is 0. The Hall–Kier alpha value is -4.91. The first-order valence-electron chi connectivity index (χ1n) is 14.0. The quantitative estimate of drug-likeness (QED) is 0.154. The van der Waals surface area contributed by atoms with Crippen LogP contribution in [0.2, 0.25) is 5.02 Å². The lowest BCUT2D eigenvalue weighted by Gasteiger charge is -2.19. The molecular formula is C40H25Cl. The van der Waals surface area contributed by atoms with Gasteiger partial charge in [-0.25, -0.2) is 0 Å². The Balaban J connectivity index is 1.51. The minimum atomic E-state index is 0.756. The van der Waals surface area contributed by atoms with E-state index < -0.39 is 0 Å². The van der Waals surface area contributed by atoms with Crippen LogP contribution in [-0.2, 0) is 0 Å². The van der Waals surface area contributed by atoms with E-state index in [1.54, 1.807) is 0 Å². The topological polar surface area (TPSA) is 0 Å². The lowest BCUT2D eigenvalue weighted by Crippen LogP contribution is -1.92. The molecule has 0 atom stereocenters. The zero-order valence-electron chi connectivity index (χ0n) is 22.3. The van der Waals surface area contributed by atoms with Crippen LogP contribution in [0, 0.1) is 0 Å². The van der Waals surface area contributed by atoms with Crippen molar-refractivity contribution in [3.63, 3.8) is 0 Å². The molecule has 0 spiro atoms. The monoisotopic (exact) mass is 540 g/mol. The van der Waals surface area contributed by atoms with Crippen molar-refractivity contribution in [2.45, 2.75) is 0 Å². The van der Waals surface area contributed by atoms with Gasteiger partial charge in [0.05, 0.1) is 0 Å². The van der Waals surface area contributed by atoms with Crippen molar-refractivity contribution in [1.29, 1.82) is 0 Å². The molecule has 0 nitrogen and oxygen atoms in total. The molecule has 0 N–H and O–H groups in total. The van der Waals surface area contributed by atoms with Crippen LogP contribution >= 0.6 is 11.6 Å². The molecule has 0 unspecified atom stereocenters. The van der Waals surface area contributed by atoms with Crippen LogP contribution in [0.3, 0.4) is 0 Å². The summed E-state index contributed by atoms with van der Waals surface area (Å²) in [5.74, 6) is 0. The van der Waals surface area contributed by atoms with Gasteiger partial charge in [-0.3, -0.25) is 0 Å². The Labute approximate surface area is 244 Å². The summed E-state index contributed by atoms with van der Waals surface area (Å²) in [7, 11) is 0. The summed E-state index contributed by atoms with van der Waals surface area (Å²) >= 11 is 6.47. The fourth-order valence-electron chi connectivity index (χ4n) is 6.39. The first-order chi connectivity index (χ1) is 20.2. The Kier molecular flexibility index (Phi) is 5.62. The molecular weight excluding hydrogens is 516 g/mol. The van der Waals surface area contributed by atoms with Crippen molar-refractivity contribution in [3.05, 3.63) is 157 Å². The van der Waals surface area contributed by atoms with Crippen molar-refractivity contribution in [2.24, 2.45) is 0 Å². The van der Waals surface area contributed by atoms with E-state index in [-0.39, 0.29) is 0 Å². The second kappa shape index (κ2) is 9.63. The zero-order chi connectivity index (χ0) is 27.3. The third kappa shape index (κ3) is 3.99. The average molecular weight is 541 g/mol. The average Bonchev–Trinajstić information content (AvgIpc) is 3.04. The maximum atomic E-state index is 6.47. The second-order valence-electron chi connectivity index (χ2n) is 10.7. The summed E-state index contributed by atoms with van der Waals surface area (Å²) in [6, 6.07) is 54.7. The minimum Gasteiger partial charge on any atom is -0.0843 e. The second-order valence-corrected chi connectivity index (χ2v) is 11.1. The van der Waals surface area contributed by atoms with Gasteiger partial charge >= 0.3 is 0 Å². The number of hydrogen-bond acceptors (Lipinski definition) is 0. The molecule has 41 heavy (non-hydrogen) atoms. The largest absolute Gasteiger partial charge is 0.0843 e. The van der Waals surface area contributed by atoms with Gasteiger partial charge in [0.2, 0.25) is 0 Å². The lowest BCUT2D eigenvalue weighted by atomic mass is 9.84. The van der Waals surface area contributed by atoms with E-state index in [1.165, 1.54) is 76.5 Å². The van der Waals surface area contributed by atoms with E-state index in [9.17, 15) is 0 Å². The SMILES string of the molecule is Clc1ccc2ccc3ccc(-c4c5ccccc5c(-c5ccccc5)c5cc(-c6ccccc6)ccc45)cc3c2c1. The molecule has 0 bridgehead atoms. The van der Waals surface area contributed by atoms with Crippen molar-refractivity contribution >= 4 is 54.7 Å².